The Morgan fingerprint density at radius 3 is 2.54 bits per heavy atom. The number of rotatable bonds is 5. The summed E-state index contributed by atoms with van der Waals surface area (Å²) in [5.41, 5.74) is -0.630. The molecule has 1 aromatic carbocycles. The lowest BCUT2D eigenvalue weighted by Gasteiger charge is -2.11. The third kappa shape index (κ3) is 3.37. The summed E-state index contributed by atoms with van der Waals surface area (Å²) in [6.07, 6.45) is -3.59. The number of benzene rings is 1. The zero-order chi connectivity index (χ0) is 18.9. The maximum Gasteiger partial charge on any atom is 0.433 e. The Morgan fingerprint density at radius 1 is 1.27 bits per heavy atom. The Morgan fingerprint density at radius 2 is 1.96 bits per heavy atom. The fourth-order valence-electron chi connectivity index (χ4n) is 2.49. The van der Waals surface area contributed by atoms with Gasteiger partial charge in [-0.25, -0.2) is 9.50 Å². The summed E-state index contributed by atoms with van der Waals surface area (Å²) in [6, 6.07) is 7.31. The van der Waals surface area contributed by atoms with Crippen LogP contribution >= 0.6 is 11.6 Å². The van der Waals surface area contributed by atoms with Gasteiger partial charge in [0.25, 0.3) is 0 Å². The van der Waals surface area contributed by atoms with E-state index in [-0.39, 0.29) is 29.2 Å². The molecule has 3 rings (SSSR count). The van der Waals surface area contributed by atoms with E-state index in [1.807, 2.05) is 0 Å². The molecule has 0 aliphatic carbocycles. The summed E-state index contributed by atoms with van der Waals surface area (Å²) in [6.45, 7) is 0. The number of carbonyl (C=O) groups excluding carboxylic acids is 1. The van der Waals surface area contributed by atoms with E-state index in [0.29, 0.717) is 15.8 Å². The predicted octanol–water partition coefficient (Wildman–Crippen LogP) is 4.24. The molecule has 136 valence electrons. The molecule has 0 aliphatic rings. The van der Waals surface area contributed by atoms with Gasteiger partial charge in [-0.2, -0.15) is 18.3 Å². The van der Waals surface area contributed by atoms with Gasteiger partial charge >= 0.3 is 6.18 Å². The second kappa shape index (κ2) is 6.95. The number of halogens is 4. The molecule has 0 aliphatic heterocycles. The van der Waals surface area contributed by atoms with Gasteiger partial charge in [-0.05, 0) is 30.3 Å². The van der Waals surface area contributed by atoms with Crippen LogP contribution in [-0.4, -0.2) is 33.4 Å². The fourth-order valence-corrected chi connectivity index (χ4v) is 2.66. The van der Waals surface area contributed by atoms with Crippen LogP contribution < -0.4 is 4.74 Å². The van der Waals surface area contributed by atoms with Crippen LogP contribution in [0.2, 0.25) is 0 Å². The van der Waals surface area contributed by atoms with Gasteiger partial charge in [-0.3, -0.25) is 4.79 Å². The molecule has 0 atom stereocenters. The lowest BCUT2D eigenvalue weighted by Crippen LogP contribution is -2.14. The summed E-state index contributed by atoms with van der Waals surface area (Å²) in [7, 11) is 1.49. The van der Waals surface area contributed by atoms with Gasteiger partial charge < -0.3 is 4.74 Å². The first-order valence-electron chi connectivity index (χ1n) is 7.54. The fraction of sp³-hybridized carbons (Fsp3) is 0.235. The molecular formula is C17H13ClF3N3O2. The number of Topliss-reactive ketones (excluding diaryl/α,β-unsaturated/α-hetero) is 1. The number of nitrogens with zero attached hydrogens (tertiary/aromatic N) is 3. The van der Waals surface area contributed by atoms with E-state index in [0.717, 1.165) is 12.3 Å². The zero-order valence-corrected chi connectivity index (χ0v) is 14.3. The minimum Gasteiger partial charge on any atom is -0.497 e. The van der Waals surface area contributed by atoms with E-state index in [2.05, 4.69) is 10.1 Å². The molecule has 0 saturated heterocycles. The number of fused-ring (bicyclic) bond motifs is 1. The van der Waals surface area contributed by atoms with Crippen molar-refractivity contribution in [1.82, 2.24) is 14.6 Å². The van der Waals surface area contributed by atoms with Crippen molar-refractivity contribution in [3.05, 3.63) is 47.8 Å². The number of carbonyl (C=O) groups is 1. The molecule has 0 bridgehead atoms. The van der Waals surface area contributed by atoms with E-state index in [1.54, 1.807) is 24.3 Å². The number of ketones is 1. The second-order valence-electron chi connectivity index (χ2n) is 5.41. The van der Waals surface area contributed by atoms with E-state index < -0.39 is 17.7 Å². The largest absolute Gasteiger partial charge is 0.497 e. The Kier molecular flexibility index (Phi) is 4.86. The van der Waals surface area contributed by atoms with Gasteiger partial charge in [0, 0.05) is 17.9 Å². The first-order valence-corrected chi connectivity index (χ1v) is 8.08. The Labute approximate surface area is 151 Å². The molecule has 9 heteroatoms. The average Bonchev–Trinajstić information content (AvgIpc) is 3.04. The standard InChI is InChI=1S/C17H13ClF3N3O2/c1-26-11-4-2-10(3-5-11)13-8-15(17(19,20)21)24-16(23-13)12(9-22-24)14(25)6-7-18/h2-5,8-9H,6-7H2,1H3. The van der Waals surface area contributed by atoms with Gasteiger partial charge in [0.05, 0.1) is 24.6 Å². The molecule has 0 spiro atoms. The average molecular weight is 384 g/mol. The van der Waals surface area contributed by atoms with Crippen molar-refractivity contribution < 1.29 is 22.7 Å². The van der Waals surface area contributed by atoms with Crippen molar-refractivity contribution >= 4 is 23.0 Å². The molecule has 2 aromatic heterocycles. The van der Waals surface area contributed by atoms with Gasteiger partial charge in [0.1, 0.15) is 5.75 Å². The van der Waals surface area contributed by atoms with E-state index in [4.69, 9.17) is 16.3 Å². The highest BCUT2D eigenvalue weighted by molar-refractivity contribution is 6.20. The third-order valence-electron chi connectivity index (χ3n) is 3.77. The molecule has 0 amide bonds. The molecule has 5 nitrogen and oxygen atoms in total. The van der Waals surface area contributed by atoms with E-state index >= 15 is 0 Å². The van der Waals surface area contributed by atoms with Crippen LogP contribution in [0.1, 0.15) is 22.5 Å². The molecule has 0 radical (unpaired) electrons. The molecule has 26 heavy (non-hydrogen) atoms. The highest BCUT2D eigenvalue weighted by atomic mass is 35.5. The van der Waals surface area contributed by atoms with Crippen molar-refractivity contribution in [2.24, 2.45) is 0 Å². The first kappa shape index (κ1) is 18.2. The van der Waals surface area contributed by atoms with Crippen LogP contribution in [0.25, 0.3) is 16.9 Å². The lowest BCUT2D eigenvalue weighted by atomic mass is 10.1. The molecule has 0 fully saturated rings. The number of hydrogen-bond acceptors (Lipinski definition) is 4. The monoisotopic (exact) mass is 383 g/mol. The van der Waals surface area contributed by atoms with Crippen LogP contribution in [0.4, 0.5) is 13.2 Å². The van der Waals surface area contributed by atoms with Crippen LogP contribution in [-0.2, 0) is 6.18 Å². The smallest absolute Gasteiger partial charge is 0.433 e. The summed E-state index contributed by atoms with van der Waals surface area (Å²) < 4.78 is 46.1. The highest BCUT2D eigenvalue weighted by Gasteiger charge is 2.36. The molecule has 0 unspecified atom stereocenters. The summed E-state index contributed by atoms with van der Waals surface area (Å²) in [5.74, 6) is 0.205. The minimum absolute atomic E-state index is 0.00603. The van der Waals surface area contributed by atoms with Crippen molar-refractivity contribution in [1.29, 1.82) is 0 Å². The van der Waals surface area contributed by atoms with Crippen molar-refractivity contribution in [3.63, 3.8) is 0 Å². The minimum atomic E-state index is -4.67. The topological polar surface area (TPSA) is 56.5 Å². The molecule has 0 N–H and O–H groups in total. The van der Waals surface area contributed by atoms with Crippen molar-refractivity contribution in [2.75, 3.05) is 13.0 Å². The lowest BCUT2D eigenvalue weighted by molar-refractivity contribution is -0.142. The third-order valence-corrected chi connectivity index (χ3v) is 3.96. The molecule has 3 aromatic rings. The normalized spacial score (nSPS) is 11.7. The van der Waals surface area contributed by atoms with Gasteiger partial charge in [0.2, 0.25) is 0 Å². The van der Waals surface area contributed by atoms with E-state index in [1.165, 1.54) is 7.11 Å². The molecule has 2 heterocycles. The number of hydrogen-bond donors (Lipinski definition) is 0. The maximum absolute atomic E-state index is 13.5. The van der Waals surface area contributed by atoms with Gasteiger partial charge in [-0.15, -0.1) is 11.6 Å². The van der Waals surface area contributed by atoms with Crippen molar-refractivity contribution in [2.45, 2.75) is 12.6 Å². The van der Waals surface area contributed by atoms with Gasteiger partial charge in [-0.1, -0.05) is 0 Å². The molecule has 0 saturated carbocycles. The van der Waals surface area contributed by atoms with Crippen LogP contribution in [0.15, 0.2) is 36.5 Å². The highest BCUT2D eigenvalue weighted by Crippen LogP contribution is 2.33. The summed E-state index contributed by atoms with van der Waals surface area (Å²) in [5, 5.41) is 3.70. The number of alkyl halides is 4. The first-order chi connectivity index (χ1) is 12.3. The number of ether oxygens (including phenoxy) is 1. The number of methoxy groups -OCH3 is 1. The van der Waals surface area contributed by atoms with E-state index in [9.17, 15) is 18.0 Å². The Balaban J connectivity index is 2.23. The van der Waals surface area contributed by atoms with Crippen LogP contribution in [0.5, 0.6) is 5.75 Å². The quantitative estimate of drug-likeness (QED) is 0.488. The Bertz CT molecular complexity index is 952. The van der Waals surface area contributed by atoms with Crippen molar-refractivity contribution in [3.8, 4) is 17.0 Å². The molecular weight excluding hydrogens is 371 g/mol. The maximum atomic E-state index is 13.5. The van der Waals surface area contributed by atoms with Crippen LogP contribution in [0.3, 0.4) is 0 Å². The summed E-state index contributed by atoms with van der Waals surface area (Å²) in [4.78, 5) is 16.4. The SMILES string of the molecule is COc1ccc(-c2cc(C(F)(F)F)n3ncc(C(=O)CCCl)c3n2)cc1. The predicted molar refractivity (Wildman–Crippen MR) is 89.6 cm³/mol. The number of aromatic nitrogens is 3. The Hall–Kier alpha value is -2.61. The van der Waals surface area contributed by atoms with Gasteiger partial charge in [0.15, 0.2) is 17.1 Å². The zero-order valence-electron chi connectivity index (χ0n) is 13.5. The summed E-state index contributed by atoms with van der Waals surface area (Å²) >= 11 is 5.56. The second-order valence-corrected chi connectivity index (χ2v) is 5.79. The van der Waals surface area contributed by atoms with Crippen LogP contribution in [0, 0.1) is 0 Å².